The van der Waals surface area contributed by atoms with E-state index in [9.17, 15) is 4.79 Å². The summed E-state index contributed by atoms with van der Waals surface area (Å²) in [5, 5.41) is 0. The van der Waals surface area contributed by atoms with E-state index in [0.29, 0.717) is 0 Å². The first-order valence-corrected chi connectivity index (χ1v) is 11.8. The Balaban J connectivity index is 1.96. The molecule has 0 aliphatic rings. The molecule has 0 heterocycles. The molecule has 0 aliphatic heterocycles. The van der Waals surface area contributed by atoms with E-state index >= 15 is 0 Å². The Morgan fingerprint density at radius 1 is 0.824 bits per heavy atom. The minimum atomic E-state index is 0.0289. The van der Waals surface area contributed by atoms with E-state index in [4.69, 9.17) is 0 Å². The van der Waals surface area contributed by atoms with Gasteiger partial charge in [-0.1, -0.05) is 54.6 Å². The zero-order valence-corrected chi connectivity index (χ0v) is 21.4. The maximum atomic E-state index is 13.1. The molecule has 0 amide bonds. The second-order valence-electron chi connectivity index (χ2n) is 9.45. The van der Waals surface area contributed by atoms with Crippen molar-refractivity contribution in [3.63, 3.8) is 0 Å². The molecule has 0 fully saturated rings. The summed E-state index contributed by atoms with van der Waals surface area (Å²) in [7, 11) is 10.3. The third kappa shape index (κ3) is 6.89. The van der Waals surface area contributed by atoms with Gasteiger partial charge in [0.1, 0.15) is 0 Å². The van der Waals surface area contributed by atoms with Crippen LogP contribution in [0.3, 0.4) is 0 Å². The molecule has 0 radical (unpaired) electrons. The number of anilines is 1. The average molecular weight is 456 g/mol. The lowest BCUT2D eigenvalue weighted by Crippen LogP contribution is -2.28. The Labute approximate surface area is 205 Å². The van der Waals surface area contributed by atoms with Crippen LogP contribution in [-0.2, 0) is 6.54 Å². The third-order valence-electron chi connectivity index (χ3n) is 5.92. The topological polar surface area (TPSA) is 26.8 Å². The highest BCUT2D eigenvalue weighted by atomic mass is 16.1. The van der Waals surface area contributed by atoms with E-state index in [-0.39, 0.29) is 5.78 Å². The molecule has 3 rings (SSSR count). The van der Waals surface area contributed by atoms with Gasteiger partial charge in [-0.2, -0.15) is 0 Å². The van der Waals surface area contributed by atoms with Gasteiger partial charge in [0.15, 0.2) is 5.78 Å². The van der Waals surface area contributed by atoms with E-state index < -0.39 is 0 Å². The molecule has 0 aromatic heterocycles. The molecule has 0 unspecified atom stereocenters. The van der Waals surface area contributed by atoms with E-state index in [1.807, 2.05) is 44.4 Å². The van der Waals surface area contributed by atoms with Crippen LogP contribution in [-0.4, -0.2) is 63.9 Å². The van der Waals surface area contributed by atoms with Crippen molar-refractivity contribution in [3.8, 4) is 11.1 Å². The first-order chi connectivity index (χ1) is 16.2. The van der Waals surface area contributed by atoms with Gasteiger partial charge in [0.25, 0.3) is 0 Å². The highest BCUT2D eigenvalue weighted by molar-refractivity contribution is 6.07. The smallest absolute Gasteiger partial charge is 0.186 e. The Kier molecular flexibility index (Phi) is 8.80. The number of rotatable bonds is 10. The second kappa shape index (κ2) is 11.8. The number of hydrogen-bond acceptors (Lipinski definition) is 4. The molecule has 3 aromatic carbocycles. The quantitative estimate of drug-likeness (QED) is 0.293. The molecule has 178 valence electrons. The van der Waals surface area contributed by atoms with E-state index in [0.717, 1.165) is 47.6 Å². The maximum Gasteiger partial charge on any atom is 0.186 e. The molecule has 4 nitrogen and oxygen atoms in total. The van der Waals surface area contributed by atoms with Gasteiger partial charge in [-0.25, -0.2) is 0 Å². The molecule has 0 saturated carbocycles. The Morgan fingerprint density at radius 2 is 1.53 bits per heavy atom. The SMILES string of the molecule is Cc1ccccc1-c1cc(C=CC(=O)c2ccccc2CN(C)C)cc(N(C)CCN(C)C)c1. The zero-order valence-electron chi connectivity index (χ0n) is 21.4. The van der Waals surface area contributed by atoms with Crippen LogP contribution >= 0.6 is 0 Å². The minimum absolute atomic E-state index is 0.0289. The average Bonchev–Trinajstić information content (AvgIpc) is 2.81. The van der Waals surface area contributed by atoms with Crippen molar-refractivity contribution in [2.75, 3.05) is 53.2 Å². The fourth-order valence-electron chi connectivity index (χ4n) is 3.98. The van der Waals surface area contributed by atoms with Crippen molar-refractivity contribution in [1.82, 2.24) is 9.80 Å². The number of aryl methyl sites for hydroxylation is 1. The van der Waals surface area contributed by atoms with Gasteiger partial charge in [-0.3, -0.25) is 4.79 Å². The summed E-state index contributed by atoms with van der Waals surface area (Å²) >= 11 is 0. The predicted molar refractivity (Wildman–Crippen MR) is 146 cm³/mol. The van der Waals surface area contributed by atoms with Crippen molar-refractivity contribution in [3.05, 3.63) is 95.1 Å². The summed E-state index contributed by atoms with van der Waals surface area (Å²) in [6.45, 7) is 4.76. The van der Waals surface area contributed by atoms with Crippen molar-refractivity contribution >= 4 is 17.5 Å². The second-order valence-corrected chi connectivity index (χ2v) is 9.45. The lowest BCUT2D eigenvalue weighted by atomic mass is 9.97. The van der Waals surface area contributed by atoms with Crippen molar-refractivity contribution in [1.29, 1.82) is 0 Å². The summed E-state index contributed by atoms with van der Waals surface area (Å²) < 4.78 is 0. The Hall–Kier alpha value is -3.21. The van der Waals surface area contributed by atoms with E-state index in [1.165, 1.54) is 11.1 Å². The normalized spacial score (nSPS) is 11.5. The number of ketones is 1. The van der Waals surface area contributed by atoms with E-state index in [2.05, 4.69) is 85.2 Å². The predicted octanol–water partition coefficient (Wildman–Crippen LogP) is 5.62. The van der Waals surface area contributed by atoms with Crippen LogP contribution in [0.4, 0.5) is 5.69 Å². The standard InChI is InChI=1S/C30H37N3O/c1-23-11-7-9-13-28(23)26-19-24(20-27(21-26)33(6)18-17-31(2)3)15-16-30(34)29-14-10-8-12-25(29)22-32(4)5/h7-16,19-21H,17-18,22H2,1-6H3. The van der Waals surface area contributed by atoms with Crippen LogP contribution in [0.5, 0.6) is 0 Å². The number of benzene rings is 3. The molecule has 0 spiro atoms. The molecule has 3 aromatic rings. The molecule has 0 saturated heterocycles. The largest absolute Gasteiger partial charge is 0.373 e. The minimum Gasteiger partial charge on any atom is -0.373 e. The highest BCUT2D eigenvalue weighted by Gasteiger charge is 2.11. The Bertz CT molecular complexity index is 1150. The Morgan fingerprint density at radius 3 is 2.24 bits per heavy atom. The van der Waals surface area contributed by atoms with Gasteiger partial charge in [0.05, 0.1) is 0 Å². The van der Waals surface area contributed by atoms with Gasteiger partial charge >= 0.3 is 0 Å². The third-order valence-corrected chi connectivity index (χ3v) is 5.92. The van der Waals surface area contributed by atoms with Crippen LogP contribution in [0.2, 0.25) is 0 Å². The first-order valence-electron chi connectivity index (χ1n) is 11.8. The maximum absolute atomic E-state index is 13.1. The van der Waals surface area contributed by atoms with Crippen LogP contribution in [0, 0.1) is 6.92 Å². The van der Waals surface area contributed by atoms with Gasteiger partial charge in [-0.05, 0) is 87.2 Å². The molecule has 0 N–H and O–H groups in total. The molecular weight excluding hydrogens is 418 g/mol. The van der Waals surface area contributed by atoms with Crippen LogP contribution in [0.15, 0.2) is 72.8 Å². The lowest BCUT2D eigenvalue weighted by molar-refractivity contribution is 0.104. The number of hydrogen-bond donors (Lipinski definition) is 0. The lowest BCUT2D eigenvalue weighted by Gasteiger charge is -2.23. The van der Waals surface area contributed by atoms with Crippen molar-refractivity contribution in [2.45, 2.75) is 13.5 Å². The zero-order chi connectivity index (χ0) is 24.7. The summed E-state index contributed by atoms with van der Waals surface area (Å²) in [4.78, 5) is 19.6. The monoisotopic (exact) mass is 455 g/mol. The van der Waals surface area contributed by atoms with Crippen molar-refractivity contribution in [2.24, 2.45) is 0 Å². The highest BCUT2D eigenvalue weighted by Crippen LogP contribution is 2.29. The van der Waals surface area contributed by atoms with Gasteiger partial charge < -0.3 is 14.7 Å². The van der Waals surface area contributed by atoms with Crippen molar-refractivity contribution < 1.29 is 4.79 Å². The molecule has 34 heavy (non-hydrogen) atoms. The summed E-state index contributed by atoms with van der Waals surface area (Å²) in [5.74, 6) is 0.0289. The van der Waals surface area contributed by atoms with Crippen LogP contribution in [0.1, 0.15) is 27.0 Å². The molecule has 4 heteroatoms. The number of likely N-dealkylation sites (N-methyl/N-ethyl adjacent to an activating group) is 2. The number of carbonyl (C=O) groups excluding carboxylic acids is 1. The fourth-order valence-corrected chi connectivity index (χ4v) is 3.98. The molecule has 0 atom stereocenters. The number of carbonyl (C=O) groups is 1. The number of nitrogens with zero attached hydrogens (tertiary/aromatic N) is 3. The van der Waals surface area contributed by atoms with Gasteiger partial charge in [0.2, 0.25) is 0 Å². The molecular formula is C30H37N3O. The molecule has 0 bridgehead atoms. The summed E-state index contributed by atoms with van der Waals surface area (Å²) in [6.07, 6.45) is 3.65. The van der Waals surface area contributed by atoms with E-state index in [1.54, 1.807) is 6.08 Å². The molecule has 0 aliphatic carbocycles. The van der Waals surface area contributed by atoms with Gasteiger partial charge in [-0.15, -0.1) is 0 Å². The summed E-state index contributed by atoms with van der Waals surface area (Å²) in [6, 6.07) is 22.9. The van der Waals surface area contributed by atoms with Gasteiger partial charge in [0, 0.05) is 37.9 Å². The number of allylic oxidation sites excluding steroid dienone is 1. The first kappa shape index (κ1) is 25.4. The fraction of sp³-hybridized carbons (Fsp3) is 0.300. The van der Waals surface area contributed by atoms with Crippen LogP contribution < -0.4 is 4.90 Å². The summed E-state index contributed by atoms with van der Waals surface area (Å²) in [5.41, 5.74) is 7.56. The van der Waals surface area contributed by atoms with Crippen LogP contribution in [0.25, 0.3) is 17.2 Å².